The quantitative estimate of drug-likeness (QED) is 0.0560. The second-order valence-electron chi connectivity index (χ2n) is 20.8. The van der Waals surface area contributed by atoms with Gasteiger partial charge >= 0.3 is 0 Å². The average molecular weight is 785 g/mol. The first-order valence-corrected chi connectivity index (χ1v) is 25.0. The number of unbranched alkanes of at least 4 members (excludes halogenated alkanes) is 15. The number of rotatable bonds is 30. The van der Waals surface area contributed by atoms with Crippen LogP contribution in [-0.4, -0.2) is 49.7 Å². The standard InChI is InChI=1S/C51H96N2O3/c1-8-10-11-12-13-14-15-16-17-18-19-20-21-22-23-24-36-54-40-44(9-2)55-37-38-56-45-30-32-48(6)43(39-45)28-29-47-50(52)33-31-46(42(5)27-25-26-41(3)4)49(50,7)34-35-51(47,48)53/h28,41-42,44-47H,8-27,29-40,52-53H2,1-7H3. The second kappa shape index (κ2) is 24.1. The predicted octanol–water partition coefficient (Wildman–Crippen LogP) is 13.6. The minimum Gasteiger partial charge on any atom is -0.379 e. The number of allylic oxidation sites excluding steroid dienone is 1. The molecule has 5 heteroatoms. The molecule has 0 bridgehead atoms. The summed E-state index contributed by atoms with van der Waals surface area (Å²) in [5.74, 6) is 2.61. The molecule has 4 aliphatic rings. The molecule has 0 amide bonds. The molecule has 9 unspecified atom stereocenters. The van der Waals surface area contributed by atoms with Crippen LogP contribution >= 0.6 is 0 Å². The van der Waals surface area contributed by atoms with Crippen LogP contribution in [0.15, 0.2) is 11.6 Å². The van der Waals surface area contributed by atoms with E-state index in [1.54, 1.807) is 5.57 Å². The fraction of sp³-hybridized carbons (Fsp3) is 0.961. The van der Waals surface area contributed by atoms with Crippen LogP contribution in [-0.2, 0) is 14.2 Å². The van der Waals surface area contributed by atoms with Gasteiger partial charge in [0.05, 0.1) is 32.0 Å². The summed E-state index contributed by atoms with van der Waals surface area (Å²) >= 11 is 0. The molecule has 0 heterocycles. The minimum absolute atomic E-state index is 0.0119. The Hall–Kier alpha value is -0.460. The third-order valence-corrected chi connectivity index (χ3v) is 16.6. The molecule has 9 atom stereocenters. The lowest BCUT2D eigenvalue weighted by Gasteiger charge is -2.67. The molecule has 0 saturated heterocycles. The van der Waals surface area contributed by atoms with E-state index in [1.807, 2.05) is 0 Å². The summed E-state index contributed by atoms with van der Waals surface area (Å²) in [6.45, 7) is 19.6. The number of hydrogen-bond acceptors (Lipinski definition) is 5. The summed E-state index contributed by atoms with van der Waals surface area (Å²) in [6, 6.07) is 0. The second-order valence-corrected chi connectivity index (χ2v) is 20.8. The number of nitrogens with two attached hydrogens (primary N) is 2. The van der Waals surface area contributed by atoms with Gasteiger partial charge in [0, 0.05) is 23.1 Å². The lowest BCUT2D eigenvalue weighted by atomic mass is 9.41. The first-order valence-electron chi connectivity index (χ1n) is 25.0. The molecule has 0 aromatic rings. The normalized spacial score (nSPS) is 32.5. The van der Waals surface area contributed by atoms with Crippen LogP contribution in [0.5, 0.6) is 0 Å². The zero-order chi connectivity index (χ0) is 40.5. The summed E-state index contributed by atoms with van der Waals surface area (Å²) in [7, 11) is 0. The van der Waals surface area contributed by atoms with Crippen LogP contribution in [0, 0.1) is 34.5 Å². The van der Waals surface area contributed by atoms with Crippen molar-refractivity contribution in [1.29, 1.82) is 0 Å². The Morgan fingerprint density at radius 1 is 0.679 bits per heavy atom. The lowest BCUT2D eigenvalue weighted by molar-refractivity contribution is -0.0980. The highest BCUT2D eigenvalue weighted by molar-refractivity contribution is 5.35. The molecule has 0 aromatic heterocycles. The monoisotopic (exact) mass is 785 g/mol. The number of fused-ring (bicyclic) bond motifs is 5. The summed E-state index contributed by atoms with van der Waals surface area (Å²) in [6.07, 6.45) is 39.3. The molecule has 328 valence electrons. The third-order valence-electron chi connectivity index (χ3n) is 16.6. The first-order chi connectivity index (χ1) is 26.9. The summed E-state index contributed by atoms with van der Waals surface area (Å²) in [5, 5.41) is 0. The predicted molar refractivity (Wildman–Crippen MR) is 240 cm³/mol. The Bertz CT molecular complexity index is 1110. The van der Waals surface area contributed by atoms with Crippen LogP contribution in [0.25, 0.3) is 0 Å². The zero-order valence-corrected chi connectivity index (χ0v) is 38.5. The van der Waals surface area contributed by atoms with Gasteiger partial charge in [-0.15, -0.1) is 0 Å². The average Bonchev–Trinajstić information content (AvgIpc) is 3.45. The molecule has 3 saturated carbocycles. The van der Waals surface area contributed by atoms with Gasteiger partial charge in [-0.1, -0.05) is 176 Å². The molecule has 4 N–H and O–H groups in total. The van der Waals surface area contributed by atoms with Crippen LogP contribution in [0.2, 0.25) is 0 Å². The van der Waals surface area contributed by atoms with E-state index in [4.69, 9.17) is 25.7 Å². The lowest BCUT2D eigenvalue weighted by Crippen LogP contribution is -2.75. The molecular weight excluding hydrogens is 689 g/mol. The first kappa shape index (κ1) is 48.2. The molecule has 0 radical (unpaired) electrons. The van der Waals surface area contributed by atoms with E-state index in [-0.39, 0.29) is 34.1 Å². The zero-order valence-electron chi connectivity index (χ0n) is 38.5. The van der Waals surface area contributed by atoms with Crippen molar-refractivity contribution in [1.82, 2.24) is 0 Å². The van der Waals surface area contributed by atoms with Gasteiger partial charge in [0.15, 0.2) is 0 Å². The van der Waals surface area contributed by atoms with Crippen LogP contribution in [0.4, 0.5) is 0 Å². The van der Waals surface area contributed by atoms with Crippen LogP contribution < -0.4 is 11.5 Å². The van der Waals surface area contributed by atoms with E-state index in [1.165, 1.54) is 135 Å². The summed E-state index contributed by atoms with van der Waals surface area (Å²) in [4.78, 5) is 0. The highest BCUT2D eigenvalue weighted by atomic mass is 16.6. The van der Waals surface area contributed by atoms with E-state index in [2.05, 4.69) is 54.5 Å². The van der Waals surface area contributed by atoms with Crippen molar-refractivity contribution < 1.29 is 14.2 Å². The van der Waals surface area contributed by atoms with Gasteiger partial charge in [-0.3, -0.25) is 0 Å². The van der Waals surface area contributed by atoms with Crippen LogP contribution in [0.1, 0.15) is 228 Å². The highest BCUT2D eigenvalue weighted by Crippen LogP contribution is 2.69. The van der Waals surface area contributed by atoms with Crippen molar-refractivity contribution in [3.63, 3.8) is 0 Å². The molecule has 0 spiro atoms. The van der Waals surface area contributed by atoms with Crippen molar-refractivity contribution >= 4 is 0 Å². The summed E-state index contributed by atoms with van der Waals surface area (Å²) in [5.41, 5.74) is 16.8. The Kier molecular flexibility index (Phi) is 20.7. The topological polar surface area (TPSA) is 79.7 Å². The van der Waals surface area contributed by atoms with Gasteiger partial charge < -0.3 is 25.7 Å². The Labute approximate surface area is 348 Å². The van der Waals surface area contributed by atoms with Crippen molar-refractivity contribution in [3.05, 3.63) is 11.6 Å². The van der Waals surface area contributed by atoms with Gasteiger partial charge in [0.1, 0.15) is 0 Å². The van der Waals surface area contributed by atoms with Gasteiger partial charge in [-0.05, 0) is 93.3 Å². The largest absolute Gasteiger partial charge is 0.379 e. The maximum absolute atomic E-state index is 7.73. The SMILES string of the molecule is CCCCCCCCCCCCCCCCCCOCC(CC)OCCOC1CCC2(C)C(=CCC3C2(N)CCC2(C)C(C(C)CCCC(C)C)CCC32N)C1. The van der Waals surface area contributed by atoms with E-state index in [0.717, 1.165) is 69.3 Å². The van der Waals surface area contributed by atoms with E-state index >= 15 is 0 Å². The van der Waals surface area contributed by atoms with Gasteiger partial charge in [0.25, 0.3) is 0 Å². The fourth-order valence-electron chi connectivity index (χ4n) is 12.6. The Balaban J connectivity index is 1.07. The van der Waals surface area contributed by atoms with Crippen molar-refractivity contribution in [2.75, 3.05) is 26.4 Å². The third kappa shape index (κ3) is 12.5. The highest BCUT2D eigenvalue weighted by Gasteiger charge is 2.70. The van der Waals surface area contributed by atoms with Gasteiger partial charge in [0.2, 0.25) is 0 Å². The van der Waals surface area contributed by atoms with Crippen LogP contribution in [0.3, 0.4) is 0 Å². The fourth-order valence-corrected chi connectivity index (χ4v) is 12.6. The van der Waals surface area contributed by atoms with Gasteiger partial charge in [-0.2, -0.15) is 0 Å². The molecule has 0 aromatic carbocycles. The van der Waals surface area contributed by atoms with E-state index < -0.39 is 0 Å². The molecule has 4 rings (SSSR count). The minimum atomic E-state index is -0.226. The smallest absolute Gasteiger partial charge is 0.0807 e. The number of hydrogen-bond donors (Lipinski definition) is 2. The van der Waals surface area contributed by atoms with Crippen molar-refractivity contribution in [2.24, 2.45) is 46.0 Å². The van der Waals surface area contributed by atoms with Gasteiger partial charge in [-0.25, -0.2) is 0 Å². The Morgan fingerprint density at radius 3 is 1.91 bits per heavy atom. The van der Waals surface area contributed by atoms with Crippen molar-refractivity contribution in [2.45, 2.75) is 252 Å². The molecule has 0 aliphatic heterocycles. The van der Waals surface area contributed by atoms with E-state index in [0.29, 0.717) is 25.7 Å². The maximum atomic E-state index is 7.73. The Morgan fingerprint density at radius 2 is 1.30 bits per heavy atom. The molecule has 5 nitrogen and oxygen atoms in total. The molecule has 3 fully saturated rings. The summed E-state index contributed by atoms with van der Waals surface area (Å²) < 4.78 is 18.8. The maximum Gasteiger partial charge on any atom is 0.0807 e. The molecule has 4 aliphatic carbocycles. The number of ether oxygens (including phenoxy) is 3. The molecular formula is C51H96N2O3. The molecule has 56 heavy (non-hydrogen) atoms. The van der Waals surface area contributed by atoms with Crippen molar-refractivity contribution in [3.8, 4) is 0 Å². The van der Waals surface area contributed by atoms with E-state index in [9.17, 15) is 0 Å².